The van der Waals surface area contributed by atoms with Crippen molar-refractivity contribution >= 4 is 21.3 Å². The van der Waals surface area contributed by atoms with Gasteiger partial charge in [0.2, 0.25) is 0 Å². The summed E-state index contributed by atoms with van der Waals surface area (Å²) in [6.07, 6.45) is 4.17. The number of nitrogens with two attached hydrogens (primary N) is 1. The van der Waals surface area contributed by atoms with Crippen LogP contribution >= 0.6 is 0 Å². The molecule has 1 fully saturated rings. The van der Waals surface area contributed by atoms with Crippen LogP contribution in [0.25, 0.3) is 11.0 Å². The lowest BCUT2D eigenvalue weighted by molar-refractivity contribution is 0.100. The molecule has 2 heterocycles. The summed E-state index contributed by atoms with van der Waals surface area (Å²) in [7, 11) is -3.99. The second-order valence-electron chi connectivity index (χ2n) is 5.65. The van der Waals surface area contributed by atoms with Gasteiger partial charge in [-0.3, -0.25) is 4.18 Å². The SMILES string of the molecule is Cc1ncc2ccn([C@@H]3C[C@@H](COS(N)(=O)=O)[C@@H](O)C3)c2n1. The second-order valence-corrected chi connectivity index (χ2v) is 6.87. The van der Waals surface area contributed by atoms with E-state index in [2.05, 4.69) is 14.2 Å². The minimum Gasteiger partial charge on any atom is -0.393 e. The highest BCUT2D eigenvalue weighted by Crippen LogP contribution is 2.37. The molecule has 1 saturated carbocycles. The lowest BCUT2D eigenvalue weighted by Crippen LogP contribution is -2.24. The molecule has 3 N–H and O–H groups in total. The number of nitrogens with zero attached hydrogens (tertiary/aromatic N) is 3. The molecule has 3 atom stereocenters. The molecule has 0 radical (unpaired) electrons. The molecule has 0 bridgehead atoms. The van der Waals surface area contributed by atoms with Crippen LogP contribution in [0.2, 0.25) is 0 Å². The maximum absolute atomic E-state index is 10.9. The largest absolute Gasteiger partial charge is 0.393 e. The lowest BCUT2D eigenvalue weighted by atomic mass is 10.1. The third kappa shape index (κ3) is 3.12. The number of aliphatic hydroxyl groups is 1. The second kappa shape index (κ2) is 5.58. The summed E-state index contributed by atoms with van der Waals surface area (Å²) >= 11 is 0. The Hall–Kier alpha value is -1.55. The highest BCUT2D eigenvalue weighted by atomic mass is 32.2. The summed E-state index contributed by atoms with van der Waals surface area (Å²) in [5.41, 5.74) is 0.817. The monoisotopic (exact) mass is 326 g/mol. The van der Waals surface area contributed by atoms with E-state index in [1.54, 1.807) is 6.20 Å². The Morgan fingerprint density at radius 2 is 2.27 bits per heavy atom. The fraction of sp³-hybridized carbons (Fsp3) is 0.538. The number of aryl methyl sites for hydroxylation is 1. The maximum Gasteiger partial charge on any atom is 0.333 e. The molecule has 0 saturated heterocycles. The molecule has 1 aliphatic carbocycles. The average Bonchev–Trinajstić information content (AvgIpc) is 2.98. The average molecular weight is 326 g/mol. The van der Waals surface area contributed by atoms with Gasteiger partial charge in [0.05, 0.1) is 12.7 Å². The van der Waals surface area contributed by atoms with E-state index in [4.69, 9.17) is 5.14 Å². The fourth-order valence-electron chi connectivity index (χ4n) is 2.98. The number of hydrogen-bond donors (Lipinski definition) is 2. The van der Waals surface area contributed by atoms with E-state index >= 15 is 0 Å². The van der Waals surface area contributed by atoms with Crippen LogP contribution in [0.1, 0.15) is 24.7 Å². The van der Waals surface area contributed by atoms with Gasteiger partial charge in [-0.25, -0.2) is 15.1 Å². The van der Waals surface area contributed by atoms with Crippen LogP contribution in [0.5, 0.6) is 0 Å². The third-order valence-corrected chi connectivity index (χ3v) is 4.51. The molecule has 0 aromatic carbocycles. The molecule has 22 heavy (non-hydrogen) atoms. The number of aromatic nitrogens is 3. The predicted octanol–water partition coefficient (Wildman–Crippen LogP) is 0.272. The zero-order valence-corrected chi connectivity index (χ0v) is 12.9. The van der Waals surface area contributed by atoms with Crippen molar-refractivity contribution in [2.24, 2.45) is 11.1 Å². The van der Waals surface area contributed by atoms with Crippen molar-refractivity contribution in [3.63, 3.8) is 0 Å². The van der Waals surface area contributed by atoms with Crippen LogP contribution < -0.4 is 5.14 Å². The van der Waals surface area contributed by atoms with Crippen molar-refractivity contribution in [3.8, 4) is 0 Å². The van der Waals surface area contributed by atoms with E-state index in [1.807, 2.05) is 23.8 Å². The van der Waals surface area contributed by atoms with Gasteiger partial charge in [-0.1, -0.05) is 0 Å². The lowest BCUT2D eigenvalue weighted by Gasteiger charge is -2.14. The molecular formula is C13H18N4O4S. The summed E-state index contributed by atoms with van der Waals surface area (Å²) in [5, 5.41) is 15.9. The van der Waals surface area contributed by atoms with Crippen LogP contribution in [-0.4, -0.2) is 40.8 Å². The van der Waals surface area contributed by atoms with Crippen LogP contribution in [0, 0.1) is 12.8 Å². The minimum atomic E-state index is -3.99. The minimum absolute atomic E-state index is 0.0379. The van der Waals surface area contributed by atoms with Crippen molar-refractivity contribution in [2.75, 3.05) is 6.61 Å². The van der Waals surface area contributed by atoms with Gasteiger partial charge in [0.1, 0.15) is 11.5 Å². The number of aliphatic hydroxyl groups excluding tert-OH is 1. The molecular weight excluding hydrogens is 308 g/mol. The highest BCUT2D eigenvalue weighted by molar-refractivity contribution is 7.84. The molecule has 0 amide bonds. The normalized spacial score (nSPS) is 25.9. The molecule has 0 unspecified atom stereocenters. The Morgan fingerprint density at radius 3 is 3.00 bits per heavy atom. The van der Waals surface area contributed by atoms with Gasteiger partial charge in [-0.2, -0.15) is 8.42 Å². The van der Waals surface area contributed by atoms with Gasteiger partial charge in [-0.15, -0.1) is 0 Å². The van der Waals surface area contributed by atoms with Gasteiger partial charge >= 0.3 is 10.3 Å². The van der Waals surface area contributed by atoms with Gasteiger partial charge in [0.25, 0.3) is 0 Å². The quantitative estimate of drug-likeness (QED) is 0.832. The Bertz CT molecular complexity index is 788. The smallest absolute Gasteiger partial charge is 0.333 e. The van der Waals surface area contributed by atoms with E-state index in [0.29, 0.717) is 18.7 Å². The van der Waals surface area contributed by atoms with E-state index in [-0.39, 0.29) is 18.6 Å². The fourth-order valence-corrected chi connectivity index (χ4v) is 3.34. The zero-order valence-electron chi connectivity index (χ0n) is 12.1. The van der Waals surface area contributed by atoms with Gasteiger partial charge in [0.15, 0.2) is 0 Å². The van der Waals surface area contributed by atoms with Crippen molar-refractivity contribution in [1.82, 2.24) is 14.5 Å². The van der Waals surface area contributed by atoms with E-state index in [0.717, 1.165) is 11.0 Å². The number of rotatable bonds is 4. The van der Waals surface area contributed by atoms with Crippen molar-refractivity contribution < 1.29 is 17.7 Å². The molecule has 1 aliphatic rings. The Morgan fingerprint density at radius 1 is 1.50 bits per heavy atom. The molecule has 9 heteroatoms. The number of fused-ring (bicyclic) bond motifs is 1. The van der Waals surface area contributed by atoms with E-state index in [1.165, 1.54) is 0 Å². The first kappa shape index (κ1) is 15.3. The van der Waals surface area contributed by atoms with E-state index < -0.39 is 16.4 Å². The molecule has 2 aromatic rings. The van der Waals surface area contributed by atoms with Crippen LogP contribution in [0.15, 0.2) is 18.5 Å². The topological polar surface area (TPSA) is 120 Å². The molecule has 120 valence electrons. The highest BCUT2D eigenvalue weighted by Gasteiger charge is 2.35. The number of hydrogen-bond acceptors (Lipinski definition) is 6. The summed E-state index contributed by atoms with van der Waals surface area (Å²) in [4.78, 5) is 8.60. The first-order valence-electron chi connectivity index (χ1n) is 6.99. The zero-order chi connectivity index (χ0) is 15.9. The van der Waals surface area contributed by atoms with Gasteiger partial charge in [-0.05, 0) is 25.8 Å². The molecule has 0 aliphatic heterocycles. The molecule has 0 spiro atoms. The van der Waals surface area contributed by atoms with Crippen molar-refractivity contribution in [2.45, 2.75) is 31.9 Å². The van der Waals surface area contributed by atoms with Crippen molar-refractivity contribution in [3.05, 3.63) is 24.3 Å². The molecule has 3 rings (SSSR count). The first-order chi connectivity index (χ1) is 10.3. The third-order valence-electron chi connectivity index (χ3n) is 4.05. The molecule has 2 aromatic heterocycles. The van der Waals surface area contributed by atoms with Gasteiger partial charge in [0, 0.05) is 29.7 Å². The maximum atomic E-state index is 10.9. The summed E-state index contributed by atoms with van der Waals surface area (Å²) in [6, 6.07) is 1.96. The van der Waals surface area contributed by atoms with Crippen LogP contribution in [-0.2, 0) is 14.5 Å². The standard InChI is InChI=1S/C13H18N4O4S/c1-8-15-6-9-2-3-17(13(9)16-8)11-4-10(12(18)5-11)7-21-22(14,19)20/h2-3,6,10-12,18H,4-5,7H2,1H3,(H2,14,19,20)/t10-,11+,12-/m0/s1. The Labute approximate surface area is 128 Å². The van der Waals surface area contributed by atoms with Crippen molar-refractivity contribution in [1.29, 1.82) is 0 Å². The van der Waals surface area contributed by atoms with Crippen LogP contribution in [0.4, 0.5) is 0 Å². The summed E-state index contributed by atoms with van der Waals surface area (Å²) in [5.74, 6) is 0.406. The summed E-state index contributed by atoms with van der Waals surface area (Å²) in [6.45, 7) is 1.72. The van der Waals surface area contributed by atoms with Gasteiger partial charge < -0.3 is 9.67 Å². The summed E-state index contributed by atoms with van der Waals surface area (Å²) < 4.78 is 28.4. The Balaban J connectivity index is 1.79. The predicted molar refractivity (Wildman–Crippen MR) is 79.1 cm³/mol. The molecule has 8 nitrogen and oxygen atoms in total. The Kier molecular flexibility index (Phi) is 3.89. The first-order valence-corrected chi connectivity index (χ1v) is 8.46. The van der Waals surface area contributed by atoms with Crippen LogP contribution in [0.3, 0.4) is 0 Å². The van der Waals surface area contributed by atoms with E-state index in [9.17, 15) is 13.5 Å².